The molecule has 2 aromatic rings. The van der Waals surface area contributed by atoms with Crippen LogP contribution in [0.3, 0.4) is 0 Å². The van der Waals surface area contributed by atoms with Crippen molar-refractivity contribution >= 4 is 26.0 Å². The summed E-state index contributed by atoms with van der Waals surface area (Å²) in [6.45, 7) is 3.50. The maximum atomic E-state index is 12.4. The van der Waals surface area contributed by atoms with Crippen molar-refractivity contribution in [3.05, 3.63) is 50.3 Å². The fourth-order valence-corrected chi connectivity index (χ4v) is 3.39. The zero-order valence-electron chi connectivity index (χ0n) is 10.5. The largest absolute Gasteiger partial charge is 0.285 e. The Morgan fingerprint density at radius 2 is 1.84 bits per heavy atom. The maximum absolute atomic E-state index is 12.4. The fourth-order valence-electron chi connectivity index (χ4n) is 1.85. The van der Waals surface area contributed by atoms with E-state index in [1.165, 1.54) is 12.1 Å². The molecule has 0 aliphatic rings. The number of nitrogens with one attached hydrogen (secondary N) is 1. The van der Waals surface area contributed by atoms with Gasteiger partial charge in [-0.25, -0.2) is 0 Å². The lowest BCUT2D eigenvalue weighted by atomic mass is 10.2. The van der Waals surface area contributed by atoms with Crippen LogP contribution >= 0.6 is 15.9 Å². The van der Waals surface area contributed by atoms with E-state index >= 15 is 0 Å². The van der Waals surface area contributed by atoms with E-state index < -0.39 is 15.6 Å². The van der Waals surface area contributed by atoms with Gasteiger partial charge in [-0.1, -0.05) is 22.9 Å². The molecule has 0 aliphatic heterocycles. The number of H-pyrrole nitrogens is 1. The van der Waals surface area contributed by atoms with Gasteiger partial charge in [-0.15, -0.1) is 4.09 Å². The molecule has 0 bridgehead atoms. The Bertz CT molecular complexity index is 757. The van der Waals surface area contributed by atoms with Gasteiger partial charge in [0.15, 0.2) is 0 Å². The number of halogens is 1. The van der Waals surface area contributed by atoms with Crippen LogP contribution in [0.15, 0.2) is 38.4 Å². The van der Waals surface area contributed by atoms with Crippen LogP contribution < -0.4 is 5.56 Å². The van der Waals surface area contributed by atoms with Crippen LogP contribution in [0.2, 0.25) is 0 Å². The van der Waals surface area contributed by atoms with E-state index in [1.807, 2.05) is 6.92 Å². The first-order valence-corrected chi connectivity index (χ1v) is 7.93. The predicted octanol–water partition coefficient (Wildman–Crippen LogP) is 2.05. The predicted molar refractivity (Wildman–Crippen MR) is 75.9 cm³/mol. The zero-order valence-corrected chi connectivity index (χ0v) is 12.9. The van der Waals surface area contributed by atoms with Crippen LogP contribution in [0.5, 0.6) is 0 Å². The Kier molecular flexibility index (Phi) is 3.69. The monoisotopic (exact) mass is 344 g/mol. The highest BCUT2D eigenvalue weighted by Gasteiger charge is 2.22. The van der Waals surface area contributed by atoms with Gasteiger partial charge >= 0.3 is 0 Å². The Balaban J connectivity index is 2.64. The van der Waals surface area contributed by atoms with Gasteiger partial charge in [0.2, 0.25) is 0 Å². The Morgan fingerprint density at radius 3 is 2.32 bits per heavy atom. The summed E-state index contributed by atoms with van der Waals surface area (Å²) >= 11 is 3.24. The van der Waals surface area contributed by atoms with Crippen LogP contribution in [0, 0.1) is 6.92 Å². The Labute approximate surface area is 119 Å². The van der Waals surface area contributed by atoms with Crippen LogP contribution in [0.1, 0.15) is 18.2 Å². The first-order chi connectivity index (χ1) is 8.87. The van der Waals surface area contributed by atoms with Gasteiger partial charge in [0.05, 0.1) is 4.90 Å². The molecule has 1 N–H and O–H groups in total. The molecule has 7 heteroatoms. The molecule has 2 rings (SSSR count). The van der Waals surface area contributed by atoms with E-state index in [0.29, 0.717) is 21.8 Å². The summed E-state index contributed by atoms with van der Waals surface area (Å²) in [5.74, 6) is 0. The number of aromatic amines is 1. The second-order valence-electron chi connectivity index (χ2n) is 4.10. The molecular weight excluding hydrogens is 332 g/mol. The minimum Gasteiger partial charge on any atom is -0.285 e. The van der Waals surface area contributed by atoms with E-state index in [-0.39, 0.29) is 4.90 Å². The molecule has 0 atom stereocenters. The maximum Gasteiger partial charge on any atom is 0.284 e. The van der Waals surface area contributed by atoms with Gasteiger partial charge in [0.1, 0.15) is 0 Å². The zero-order chi connectivity index (χ0) is 14.2. The van der Waals surface area contributed by atoms with Gasteiger partial charge in [-0.05, 0) is 37.6 Å². The normalized spacial score (nSPS) is 11.7. The number of benzene rings is 1. The van der Waals surface area contributed by atoms with Crippen molar-refractivity contribution in [2.24, 2.45) is 0 Å². The summed E-state index contributed by atoms with van der Waals surface area (Å²) in [7, 11) is -3.87. The Morgan fingerprint density at radius 1 is 1.26 bits per heavy atom. The lowest BCUT2D eigenvalue weighted by molar-refractivity contribution is 0.577. The summed E-state index contributed by atoms with van der Waals surface area (Å²) in [6, 6.07) is 6.14. The van der Waals surface area contributed by atoms with Crippen LogP contribution in [-0.4, -0.2) is 17.6 Å². The van der Waals surface area contributed by atoms with Gasteiger partial charge in [-0.2, -0.15) is 8.42 Å². The lowest BCUT2D eigenvalue weighted by Crippen LogP contribution is -2.26. The van der Waals surface area contributed by atoms with Crippen molar-refractivity contribution in [1.29, 1.82) is 0 Å². The van der Waals surface area contributed by atoms with Crippen molar-refractivity contribution in [2.75, 3.05) is 0 Å². The average Bonchev–Trinajstić information content (AvgIpc) is 2.65. The first kappa shape index (κ1) is 14.1. The molecule has 0 aliphatic carbocycles. The van der Waals surface area contributed by atoms with E-state index in [4.69, 9.17) is 0 Å². The first-order valence-electron chi connectivity index (χ1n) is 5.69. The minimum absolute atomic E-state index is 0.0710. The third-order valence-electron chi connectivity index (χ3n) is 2.87. The lowest BCUT2D eigenvalue weighted by Gasteiger charge is -2.04. The summed E-state index contributed by atoms with van der Waals surface area (Å²) in [5, 5.41) is 2.62. The highest BCUT2D eigenvalue weighted by Crippen LogP contribution is 2.16. The van der Waals surface area contributed by atoms with Crippen LogP contribution in [0.25, 0.3) is 0 Å². The summed E-state index contributed by atoms with van der Waals surface area (Å²) in [5.41, 5.74) is 0.553. The highest BCUT2D eigenvalue weighted by molar-refractivity contribution is 9.10. The molecule has 5 nitrogen and oxygen atoms in total. The summed E-state index contributed by atoms with van der Waals surface area (Å²) in [4.78, 5) is 12.1. The summed E-state index contributed by atoms with van der Waals surface area (Å²) in [6.07, 6.45) is 0.490. The molecule has 102 valence electrons. The molecule has 0 amide bonds. The number of hydrogen-bond donors (Lipinski definition) is 1. The molecule has 0 fully saturated rings. The standard InChI is InChI=1S/C12H13BrN2O3S/c1-3-11-8(2)14-15(12(11)16)19(17,18)10-6-4-9(13)5-7-10/h4-7,14H,3H2,1-2H3. The van der Waals surface area contributed by atoms with E-state index in [9.17, 15) is 13.2 Å². The van der Waals surface area contributed by atoms with Crippen LogP contribution in [0.4, 0.5) is 0 Å². The average molecular weight is 345 g/mol. The van der Waals surface area contributed by atoms with E-state index in [2.05, 4.69) is 21.0 Å². The van der Waals surface area contributed by atoms with Gasteiger partial charge in [0, 0.05) is 15.7 Å². The fraction of sp³-hybridized carbons (Fsp3) is 0.250. The quantitative estimate of drug-likeness (QED) is 0.925. The van der Waals surface area contributed by atoms with Crippen LogP contribution in [-0.2, 0) is 16.4 Å². The molecule has 19 heavy (non-hydrogen) atoms. The van der Waals surface area contributed by atoms with Crippen molar-refractivity contribution in [1.82, 2.24) is 9.19 Å². The van der Waals surface area contributed by atoms with Gasteiger partial charge in [-0.3, -0.25) is 9.89 Å². The second kappa shape index (κ2) is 4.97. The van der Waals surface area contributed by atoms with Crippen molar-refractivity contribution in [3.63, 3.8) is 0 Å². The summed E-state index contributed by atoms with van der Waals surface area (Å²) < 4.78 is 26.2. The van der Waals surface area contributed by atoms with Gasteiger partial charge < -0.3 is 0 Å². The Hall–Kier alpha value is -1.34. The highest BCUT2D eigenvalue weighted by atomic mass is 79.9. The molecule has 1 heterocycles. The number of aryl methyl sites for hydroxylation is 1. The molecule has 1 aromatic carbocycles. The molecule has 1 aromatic heterocycles. The molecule has 0 unspecified atom stereocenters. The smallest absolute Gasteiger partial charge is 0.284 e. The SMILES string of the molecule is CCc1c(C)[nH]n(S(=O)(=O)c2ccc(Br)cc2)c1=O. The minimum atomic E-state index is -3.87. The van der Waals surface area contributed by atoms with Crippen molar-refractivity contribution < 1.29 is 8.42 Å². The number of hydrogen-bond acceptors (Lipinski definition) is 3. The second-order valence-corrected chi connectivity index (χ2v) is 6.80. The van der Waals surface area contributed by atoms with Crippen molar-refractivity contribution in [3.8, 4) is 0 Å². The topological polar surface area (TPSA) is 71.9 Å². The molecule has 0 saturated heterocycles. The van der Waals surface area contributed by atoms with E-state index in [1.54, 1.807) is 19.1 Å². The number of aromatic nitrogens is 2. The molecule has 0 radical (unpaired) electrons. The molecular formula is C12H13BrN2O3S. The third kappa shape index (κ3) is 2.40. The molecule has 0 spiro atoms. The van der Waals surface area contributed by atoms with Gasteiger partial charge in [0.25, 0.3) is 15.6 Å². The van der Waals surface area contributed by atoms with Crippen molar-refractivity contribution in [2.45, 2.75) is 25.2 Å². The number of nitrogens with zero attached hydrogens (tertiary/aromatic N) is 1. The number of rotatable bonds is 3. The third-order valence-corrected chi connectivity index (χ3v) is 5.00. The van der Waals surface area contributed by atoms with E-state index in [0.717, 1.165) is 4.47 Å². The molecule has 0 saturated carbocycles.